The van der Waals surface area contributed by atoms with Gasteiger partial charge in [0.05, 0.1) is 35.9 Å². The van der Waals surface area contributed by atoms with E-state index in [0.717, 1.165) is 65.0 Å². The summed E-state index contributed by atoms with van der Waals surface area (Å²) >= 11 is 6.30. The Kier molecular flexibility index (Phi) is 8.99. The standard InChI is InChI=1S/C34H41ClN6O4/c1-4-26(43)19-39-31-7-5-6-8-32(31)41(34(39)45)25-11-14-37(15-12-25)18-27(44)20-40-30-13-16-38(23(3)42)21-28(30)33(36-40)24-9-10-29(35)22(2)17-24/h5-10,17,25,27,44H,4,11-16,18-21H2,1-3H3. The molecule has 2 aliphatic heterocycles. The molecule has 1 saturated heterocycles. The number of para-hydroxylation sites is 2. The van der Waals surface area contributed by atoms with Crippen molar-refractivity contribution in [2.75, 3.05) is 26.2 Å². The molecule has 45 heavy (non-hydrogen) atoms. The molecule has 4 aromatic rings. The first-order chi connectivity index (χ1) is 21.6. The van der Waals surface area contributed by atoms with Gasteiger partial charge in [0.25, 0.3) is 0 Å². The Morgan fingerprint density at radius 3 is 2.49 bits per heavy atom. The number of aromatic nitrogens is 4. The number of rotatable bonds is 9. The number of aryl methyl sites for hydroxylation is 1. The Labute approximate surface area is 267 Å². The number of amides is 1. The number of piperidine rings is 1. The molecule has 1 atom stereocenters. The van der Waals surface area contributed by atoms with Crippen LogP contribution in [0.15, 0.2) is 47.3 Å². The van der Waals surface area contributed by atoms with Gasteiger partial charge in [-0.25, -0.2) is 4.79 Å². The number of hydrogen-bond donors (Lipinski definition) is 1. The number of carbonyl (C=O) groups is 2. The lowest BCUT2D eigenvalue weighted by molar-refractivity contribution is -0.129. The van der Waals surface area contributed by atoms with Gasteiger partial charge in [0.2, 0.25) is 5.91 Å². The van der Waals surface area contributed by atoms with E-state index in [1.54, 1.807) is 11.5 Å². The second kappa shape index (κ2) is 12.9. The van der Waals surface area contributed by atoms with Gasteiger partial charge >= 0.3 is 5.69 Å². The fourth-order valence-electron chi connectivity index (χ4n) is 6.88. The zero-order valence-corrected chi connectivity index (χ0v) is 27.0. The minimum atomic E-state index is -0.638. The van der Waals surface area contributed by atoms with Gasteiger partial charge in [-0.3, -0.25) is 23.4 Å². The molecule has 0 bridgehead atoms. The van der Waals surface area contributed by atoms with Gasteiger partial charge < -0.3 is 14.9 Å². The number of hydrogen-bond acceptors (Lipinski definition) is 6. The topological polar surface area (TPSA) is 106 Å². The van der Waals surface area contributed by atoms with Crippen molar-refractivity contribution in [3.05, 3.63) is 74.8 Å². The number of Topliss-reactive ketones (excluding diaryl/α,β-unsaturated/α-hetero) is 1. The second-order valence-electron chi connectivity index (χ2n) is 12.4. The average molecular weight is 633 g/mol. The van der Waals surface area contributed by atoms with Crippen molar-refractivity contribution in [2.45, 2.75) is 78.2 Å². The number of imidazole rings is 1. The molecule has 4 heterocycles. The lowest BCUT2D eigenvalue weighted by Gasteiger charge is -2.33. The molecule has 238 valence electrons. The summed E-state index contributed by atoms with van der Waals surface area (Å²) in [6, 6.07) is 13.6. The number of carbonyl (C=O) groups excluding carboxylic acids is 2. The van der Waals surface area contributed by atoms with Crippen LogP contribution in [0.4, 0.5) is 0 Å². The van der Waals surface area contributed by atoms with Crippen LogP contribution in [0.3, 0.4) is 0 Å². The van der Waals surface area contributed by atoms with Crippen LogP contribution in [0.2, 0.25) is 5.02 Å². The van der Waals surface area contributed by atoms with E-state index in [1.807, 2.05) is 70.5 Å². The quantitative estimate of drug-likeness (QED) is 0.296. The summed E-state index contributed by atoms with van der Waals surface area (Å²) in [5, 5.41) is 16.9. The molecule has 0 saturated carbocycles. The molecule has 1 N–H and O–H groups in total. The summed E-state index contributed by atoms with van der Waals surface area (Å²) in [5.41, 5.74) is 6.35. The number of ketones is 1. The average Bonchev–Trinajstić information content (AvgIpc) is 3.52. The van der Waals surface area contributed by atoms with Crippen LogP contribution < -0.4 is 5.69 Å². The normalized spacial score (nSPS) is 16.7. The molecule has 11 heteroatoms. The van der Waals surface area contributed by atoms with Crippen LogP contribution in [-0.4, -0.2) is 77.8 Å². The highest BCUT2D eigenvalue weighted by Crippen LogP contribution is 2.33. The van der Waals surface area contributed by atoms with Crippen molar-refractivity contribution in [2.24, 2.45) is 0 Å². The Morgan fingerprint density at radius 2 is 1.80 bits per heavy atom. The molecule has 1 amide bonds. The number of likely N-dealkylation sites (tertiary alicyclic amines) is 1. The molecule has 1 unspecified atom stereocenters. The SMILES string of the molecule is CCC(=O)Cn1c(=O)n(C2CCN(CC(O)Cn3nc(-c4ccc(Cl)c(C)c4)c4c3CCN(C(C)=O)C4)CC2)c2ccccc21. The minimum absolute atomic E-state index is 0.0292. The molecular weight excluding hydrogens is 592 g/mol. The Balaban J connectivity index is 1.16. The summed E-state index contributed by atoms with van der Waals surface area (Å²) in [7, 11) is 0. The molecule has 6 rings (SSSR count). The molecule has 2 aromatic heterocycles. The molecule has 2 aliphatic rings. The lowest BCUT2D eigenvalue weighted by atomic mass is 9.99. The number of nitrogens with zero attached hydrogens (tertiary/aromatic N) is 6. The maximum atomic E-state index is 13.5. The van der Waals surface area contributed by atoms with Gasteiger partial charge in [-0.1, -0.05) is 36.7 Å². The first-order valence-corrected chi connectivity index (χ1v) is 16.2. The largest absolute Gasteiger partial charge is 0.390 e. The van der Waals surface area contributed by atoms with Crippen LogP contribution in [0, 0.1) is 6.92 Å². The maximum absolute atomic E-state index is 13.5. The Hall–Kier alpha value is -3.73. The third kappa shape index (κ3) is 6.23. The van der Waals surface area contributed by atoms with Crippen LogP contribution in [0.1, 0.15) is 56.0 Å². The van der Waals surface area contributed by atoms with Crippen LogP contribution in [0.5, 0.6) is 0 Å². The molecule has 0 aliphatic carbocycles. The van der Waals surface area contributed by atoms with Gasteiger partial charge in [-0.2, -0.15) is 5.10 Å². The van der Waals surface area contributed by atoms with E-state index in [2.05, 4.69) is 4.90 Å². The number of β-amino-alcohol motifs (C(OH)–C–C–N with tert-alkyl or cyclic N) is 1. The summed E-state index contributed by atoms with van der Waals surface area (Å²) < 4.78 is 5.40. The van der Waals surface area contributed by atoms with Crippen LogP contribution in [-0.2, 0) is 35.6 Å². The van der Waals surface area contributed by atoms with Crippen LogP contribution >= 0.6 is 11.6 Å². The van der Waals surface area contributed by atoms with Crippen molar-refractivity contribution >= 4 is 34.3 Å². The van der Waals surface area contributed by atoms with Crippen molar-refractivity contribution in [1.29, 1.82) is 0 Å². The third-order valence-corrected chi connectivity index (χ3v) is 9.81. The number of halogens is 1. The predicted octanol–water partition coefficient (Wildman–Crippen LogP) is 4.21. The highest BCUT2D eigenvalue weighted by molar-refractivity contribution is 6.31. The Bertz CT molecular complexity index is 1800. The van der Waals surface area contributed by atoms with Gasteiger partial charge in [0.15, 0.2) is 5.78 Å². The van der Waals surface area contributed by atoms with Gasteiger partial charge in [-0.15, -0.1) is 0 Å². The van der Waals surface area contributed by atoms with Gasteiger partial charge in [0.1, 0.15) is 0 Å². The Morgan fingerprint density at radius 1 is 1.07 bits per heavy atom. The summed E-state index contributed by atoms with van der Waals surface area (Å²) in [6.45, 7) is 8.94. The first kappa shape index (κ1) is 31.3. The second-order valence-corrected chi connectivity index (χ2v) is 12.8. The molecule has 1 fully saturated rings. The number of fused-ring (bicyclic) bond motifs is 2. The number of benzene rings is 2. The highest BCUT2D eigenvalue weighted by atomic mass is 35.5. The molecular formula is C34H41ClN6O4. The maximum Gasteiger partial charge on any atom is 0.329 e. The van der Waals surface area contributed by atoms with E-state index >= 15 is 0 Å². The number of aliphatic hydroxyl groups excluding tert-OH is 1. The summed E-state index contributed by atoms with van der Waals surface area (Å²) in [6.07, 6.45) is 1.99. The van der Waals surface area contributed by atoms with Gasteiger partial charge in [-0.05, 0) is 49.6 Å². The van der Waals surface area contributed by atoms with Gasteiger partial charge in [0, 0.05) is 80.4 Å². The molecule has 10 nitrogen and oxygen atoms in total. The fraction of sp³-hybridized carbons (Fsp3) is 0.471. The lowest BCUT2D eigenvalue weighted by Crippen LogP contribution is -2.42. The zero-order chi connectivity index (χ0) is 31.8. The van der Waals surface area contributed by atoms with Crippen molar-refractivity contribution in [1.82, 2.24) is 28.7 Å². The van der Waals surface area contributed by atoms with Crippen molar-refractivity contribution in [3.63, 3.8) is 0 Å². The van der Waals surface area contributed by atoms with Crippen molar-refractivity contribution in [3.8, 4) is 11.3 Å². The van der Waals surface area contributed by atoms with E-state index in [1.165, 1.54) is 0 Å². The monoisotopic (exact) mass is 632 g/mol. The van der Waals surface area contributed by atoms with E-state index < -0.39 is 6.10 Å². The summed E-state index contributed by atoms with van der Waals surface area (Å²) in [4.78, 5) is 42.0. The minimum Gasteiger partial charge on any atom is -0.390 e. The van der Waals surface area contributed by atoms with Crippen molar-refractivity contribution < 1.29 is 14.7 Å². The van der Waals surface area contributed by atoms with Crippen LogP contribution in [0.25, 0.3) is 22.3 Å². The molecule has 0 radical (unpaired) electrons. The zero-order valence-electron chi connectivity index (χ0n) is 26.2. The van der Waals surface area contributed by atoms with E-state index in [-0.39, 0.29) is 30.0 Å². The fourth-order valence-corrected chi connectivity index (χ4v) is 6.99. The first-order valence-electron chi connectivity index (χ1n) is 15.9. The third-order valence-electron chi connectivity index (χ3n) is 9.38. The molecule has 0 spiro atoms. The number of aliphatic hydroxyl groups is 1. The van der Waals surface area contributed by atoms with E-state index in [4.69, 9.17) is 16.7 Å². The van der Waals surface area contributed by atoms with E-state index in [9.17, 15) is 19.5 Å². The smallest absolute Gasteiger partial charge is 0.329 e. The predicted molar refractivity (Wildman–Crippen MR) is 174 cm³/mol. The summed E-state index contributed by atoms with van der Waals surface area (Å²) in [5.74, 6) is 0.0742. The van der Waals surface area contributed by atoms with E-state index in [0.29, 0.717) is 44.0 Å². The highest BCUT2D eigenvalue weighted by Gasteiger charge is 2.30. The molecule has 2 aromatic carbocycles.